The van der Waals surface area contributed by atoms with Crippen LogP contribution in [-0.2, 0) is 4.74 Å². The summed E-state index contributed by atoms with van der Waals surface area (Å²) in [6.07, 6.45) is 4.61. The molecule has 0 spiro atoms. The fourth-order valence-electron chi connectivity index (χ4n) is 2.35. The van der Waals surface area contributed by atoms with Crippen LogP contribution in [0.15, 0.2) is 0 Å². The number of methoxy groups -OCH3 is 1. The summed E-state index contributed by atoms with van der Waals surface area (Å²) in [6.45, 7) is 0. The lowest BCUT2D eigenvalue weighted by molar-refractivity contribution is -0.0460. The molecule has 0 aromatic carbocycles. The van der Waals surface area contributed by atoms with E-state index in [0.717, 1.165) is 16.7 Å². The van der Waals surface area contributed by atoms with Gasteiger partial charge in [-0.15, -0.1) is 0 Å². The van der Waals surface area contributed by atoms with Gasteiger partial charge in [-0.2, -0.15) is 0 Å². The van der Waals surface area contributed by atoms with E-state index in [-0.39, 0.29) is 0 Å². The van der Waals surface area contributed by atoms with E-state index >= 15 is 0 Å². The van der Waals surface area contributed by atoms with Crippen LogP contribution in [-0.4, -0.2) is 18.0 Å². The molecule has 0 saturated heterocycles. The molecular weight excluding hydrogens is 192 g/mol. The quantitative estimate of drug-likeness (QED) is 0.596. The van der Waals surface area contributed by atoms with E-state index in [0.29, 0.717) is 6.10 Å². The van der Waals surface area contributed by atoms with Crippen LogP contribution in [0.25, 0.3) is 0 Å². The minimum absolute atomic E-state index is 0.590. The maximum atomic E-state index is 5.33. The van der Waals surface area contributed by atoms with Gasteiger partial charge in [0.05, 0.1) is 6.10 Å². The van der Waals surface area contributed by atoms with E-state index in [1.54, 1.807) is 0 Å². The lowest BCUT2D eigenvalue weighted by Crippen LogP contribution is -2.41. The number of halogens is 1. The van der Waals surface area contributed by atoms with Crippen LogP contribution in [0.1, 0.15) is 19.3 Å². The van der Waals surface area contributed by atoms with Crippen LogP contribution in [0, 0.1) is 11.8 Å². The van der Waals surface area contributed by atoms with Crippen molar-refractivity contribution in [2.45, 2.75) is 30.2 Å². The number of hydrogen-bond donors (Lipinski definition) is 0. The van der Waals surface area contributed by atoms with E-state index in [1.165, 1.54) is 19.3 Å². The molecule has 0 unspecified atom stereocenters. The zero-order valence-corrected chi connectivity index (χ0v) is 7.80. The predicted molar refractivity (Wildman–Crippen MR) is 44.3 cm³/mol. The minimum atomic E-state index is 0.590. The molecule has 2 aliphatic rings. The summed E-state index contributed by atoms with van der Waals surface area (Å²) in [7, 11) is 1.84. The average Bonchev–Trinajstić information content (AvgIpc) is 2.10. The second kappa shape index (κ2) is 2.49. The summed E-state index contributed by atoms with van der Waals surface area (Å²) < 4.78 is 5.33. The molecule has 2 rings (SSSR count). The van der Waals surface area contributed by atoms with Crippen molar-refractivity contribution in [2.24, 2.45) is 11.8 Å². The standard InChI is InChI=1S/C8H13BrO/c1-10-8-4-6-5(8)2-3-7(6)9/h5-8H,2-4H2,1H3/t5-,6-,7-,8+/m0/s1. The van der Waals surface area contributed by atoms with Gasteiger partial charge in [-0.05, 0) is 31.1 Å². The van der Waals surface area contributed by atoms with Gasteiger partial charge in [0, 0.05) is 11.9 Å². The van der Waals surface area contributed by atoms with Crippen LogP contribution < -0.4 is 0 Å². The lowest BCUT2D eigenvalue weighted by Gasteiger charge is -2.40. The lowest BCUT2D eigenvalue weighted by atomic mass is 9.73. The Kier molecular flexibility index (Phi) is 1.77. The van der Waals surface area contributed by atoms with Gasteiger partial charge in [-0.1, -0.05) is 15.9 Å². The van der Waals surface area contributed by atoms with Gasteiger partial charge in [0.1, 0.15) is 0 Å². The van der Waals surface area contributed by atoms with Crippen molar-refractivity contribution in [3.8, 4) is 0 Å². The van der Waals surface area contributed by atoms with Gasteiger partial charge in [0.2, 0.25) is 0 Å². The van der Waals surface area contributed by atoms with Crippen molar-refractivity contribution in [2.75, 3.05) is 7.11 Å². The molecular formula is C8H13BrO. The second-order valence-electron chi connectivity index (χ2n) is 3.43. The molecule has 0 aromatic heterocycles. The van der Waals surface area contributed by atoms with Crippen molar-refractivity contribution in [1.82, 2.24) is 0 Å². The molecule has 0 aromatic rings. The molecule has 2 heteroatoms. The molecule has 2 saturated carbocycles. The van der Waals surface area contributed by atoms with Crippen LogP contribution >= 0.6 is 15.9 Å². The highest BCUT2D eigenvalue weighted by Crippen LogP contribution is 2.50. The monoisotopic (exact) mass is 204 g/mol. The largest absolute Gasteiger partial charge is 0.381 e. The smallest absolute Gasteiger partial charge is 0.0605 e. The van der Waals surface area contributed by atoms with Gasteiger partial charge < -0.3 is 4.74 Å². The van der Waals surface area contributed by atoms with Crippen molar-refractivity contribution in [3.05, 3.63) is 0 Å². The third-order valence-electron chi connectivity index (χ3n) is 3.08. The van der Waals surface area contributed by atoms with Gasteiger partial charge in [-0.25, -0.2) is 0 Å². The zero-order chi connectivity index (χ0) is 7.14. The molecule has 2 fully saturated rings. The third-order valence-corrected chi connectivity index (χ3v) is 4.21. The Morgan fingerprint density at radius 1 is 1.30 bits per heavy atom. The highest BCUT2D eigenvalue weighted by molar-refractivity contribution is 9.09. The minimum Gasteiger partial charge on any atom is -0.381 e. The molecule has 0 amide bonds. The summed E-state index contributed by atoms with van der Waals surface area (Å²) in [4.78, 5) is 0.795. The van der Waals surface area contributed by atoms with E-state index in [1.807, 2.05) is 7.11 Å². The molecule has 0 bridgehead atoms. The molecule has 58 valence electrons. The summed E-state index contributed by atoms with van der Waals surface area (Å²) in [6, 6.07) is 0. The Bertz CT molecular complexity index is 137. The highest BCUT2D eigenvalue weighted by atomic mass is 79.9. The summed E-state index contributed by atoms with van der Waals surface area (Å²) in [5.41, 5.74) is 0. The van der Waals surface area contributed by atoms with Crippen molar-refractivity contribution < 1.29 is 4.74 Å². The molecule has 0 heterocycles. The van der Waals surface area contributed by atoms with E-state index in [9.17, 15) is 0 Å². The third kappa shape index (κ3) is 0.850. The predicted octanol–water partition coefficient (Wildman–Crippen LogP) is 2.19. The number of fused-ring (bicyclic) bond motifs is 1. The van der Waals surface area contributed by atoms with E-state index in [2.05, 4.69) is 15.9 Å². The normalized spacial score (nSPS) is 52.2. The van der Waals surface area contributed by atoms with Crippen LogP contribution in [0.2, 0.25) is 0 Å². The zero-order valence-electron chi connectivity index (χ0n) is 6.22. The molecule has 0 N–H and O–H groups in total. The Hall–Kier alpha value is 0.440. The van der Waals surface area contributed by atoms with Gasteiger partial charge in [0.15, 0.2) is 0 Å². The first kappa shape index (κ1) is 7.11. The van der Waals surface area contributed by atoms with Crippen molar-refractivity contribution >= 4 is 15.9 Å². The Balaban J connectivity index is 1.96. The summed E-state index contributed by atoms with van der Waals surface area (Å²) in [5.74, 6) is 1.82. The molecule has 4 atom stereocenters. The maximum Gasteiger partial charge on any atom is 0.0605 e. The Morgan fingerprint density at radius 3 is 2.70 bits per heavy atom. The highest BCUT2D eigenvalue weighted by Gasteiger charge is 2.48. The maximum absolute atomic E-state index is 5.33. The number of rotatable bonds is 1. The van der Waals surface area contributed by atoms with Crippen LogP contribution in [0.5, 0.6) is 0 Å². The molecule has 10 heavy (non-hydrogen) atoms. The molecule has 0 aliphatic heterocycles. The molecule has 2 aliphatic carbocycles. The van der Waals surface area contributed by atoms with E-state index < -0.39 is 0 Å². The number of ether oxygens (including phenoxy) is 1. The Morgan fingerprint density at radius 2 is 2.10 bits per heavy atom. The summed E-state index contributed by atoms with van der Waals surface area (Å²) in [5, 5.41) is 0. The Labute approximate surface area is 70.3 Å². The van der Waals surface area contributed by atoms with Crippen LogP contribution in [0.4, 0.5) is 0 Å². The SMILES string of the molecule is CO[C@@H]1C[C@H]2[C@@H]1CC[C@@H]2Br. The van der Waals surface area contributed by atoms with Gasteiger partial charge >= 0.3 is 0 Å². The summed E-state index contributed by atoms with van der Waals surface area (Å²) >= 11 is 3.70. The first-order valence-electron chi connectivity index (χ1n) is 4.00. The van der Waals surface area contributed by atoms with Gasteiger partial charge in [0.25, 0.3) is 0 Å². The first-order valence-corrected chi connectivity index (χ1v) is 4.91. The molecule has 0 radical (unpaired) electrons. The van der Waals surface area contributed by atoms with Crippen molar-refractivity contribution in [3.63, 3.8) is 0 Å². The van der Waals surface area contributed by atoms with Crippen molar-refractivity contribution in [1.29, 1.82) is 0 Å². The van der Waals surface area contributed by atoms with Crippen LogP contribution in [0.3, 0.4) is 0 Å². The molecule has 1 nitrogen and oxygen atoms in total. The van der Waals surface area contributed by atoms with Gasteiger partial charge in [-0.3, -0.25) is 0 Å². The fourth-order valence-corrected chi connectivity index (χ4v) is 3.22. The number of hydrogen-bond acceptors (Lipinski definition) is 1. The first-order chi connectivity index (χ1) is 4.83. The average molecular weight is 205 g/mol. The fraction of sp³-hybridized carbons (Fsp3) is 1.00. The second-order valence-corrected chi connectivity index (χ2v) is 4.61. The van der Waals surface area contributed by atoms with E-state index in [4.69, 9.17) is 4.74 Å². The topological polar surface area (TPSA) is 9.23 Å². The number of alkyl halides is 1.